The molecule has 41 heavy (non-hydrogen) atoms. The van der Waals surface area contributed by atoms with E-state index in [1.807, 2.05) is 6.07 Å². The summed E-state index contributed by atoms with van der Waals surface area (Å²) in [6.07, 6.45) is 10.9. The summed E-state index contributed by atoms with van der Waals surface area (Å²) in [7, 11) is 0. The number of unbranched alkanes of at least 4 members (excludes halogenated alkanes) is 6. The van der Waals surface area contributed by atoms with E-state index < -0.39 is 18.6 Å². The summed E-state index contributed by atoms with van der Waals surface area (Å²) in [6, 6.07) is 20.0. The van der Waals surface area contributed by atoms with Crippen LogP contribution in [0.5, 0.6) is 0 Å². The van der Waals surface area contributed by atoms with Gasteiger partial charge in [0.05, 0.1) is 12.7 Å². The van der Waals surface area contributed by atoms with E-state index in [9.17, 15) is 14.7 Å². The van der Waals surface area contributed by atoms with Gasteiger partial charge in [-0.3, -0.25) is 4.79 Å². The van der Waals surface area contributed by atoms with Crippen LogP contribution in [0.25, 0.3) is 11.1 Å². The predicted molar refractivity (Wildman–Crippen MR) is 163 cm³/mol. The van der Waals surface area contributed by atoms with Crippen molar-refractivity contribution >= 4 is 23.0 Å². The summed E-state index contributed by atoms with van der Waals surface area (Å²) in [4.78, 5) is 22.8. The molecule has 0 radical (unpaired) electrons. The molecule has 4 atom stereocenters. The predicted octanol–water partition coefficient (Wildman–Crippen LogP) is 6.39. The van der Waals surface area contributed by atoms with Gasteiger partial charge in [-0.2, -0.15) is 0 Å². The molecule has 4 rings (SSSR count). The summed E-state index contributed by atoms with van der Waals surface area (Å²) in [5, 5.41) is 31.4. The third-order valence-electron chi connectivity index (χ3n) is 9.12. The lowest BCUT2D eigenvalue weighted by Crippen LogP contribution is -2.43. The molecule has 4 N–H and O–H groups in total. The molecule has 1 saturated carbocycles. The minimum Gasteiger partial charge on any atom is -0.480 e. The summed E-state index contributed by atoms with van der Waals surface area (Å²) in [6.45, 7) is 4.06. The van der Waals surface area contributed by atoms with Gasteiger partial charge in [0, 0.05) is 17.8 Å². The molecular weight excluding hydrogens is 514 g/mol. The number of fused-ring (bicyclic) bond motifs is 1. The van der Waals surface area contributed by atoms with Crippen molar-refractivity contribution in [2.75, 3.05) is 6.61 Å². The summed E-state index contributed by atoms with van der Waals surface area (Å²) in [5.74, 6) is -1.38. The molecule has 0 aromatic heterocycles. The first kappa shape index (κ1) is 30.7. The number of rotatable bonds is 16. The standard InChI is InChI=1S/C35H45NO5/c1-25(26-15-10-7-11-16-26)35-22-21-31(38)29(35)23-28(33(35)27-17-12-8-13-18-27)19-9-5-3-2-4-6-14-20-32(39)36-30(24-37)34(40)41/h7-8,10-13,15-18,29-31,37-38H,1-6,9,14,19-24H2,(H,36,39)(H,40,41). The number of carboxylic acids is 1. The van der Waals surface area contributed by atoms with Crippen LogP contribution in [0.4, 0.5) is 0 Å². The summed E-state index contributed by atoms with van der Waals surface area (Å²) < 4.78 is 0. The smallest absolute Gasteiger partial charge is 0.328 e. The highest BCUT2D eigenvalue weighted by Crippen LogP contribution is 2.66. The van der Waals surface area contributed by atoms with E-state index in [-0.39, 0.29) is 29.8 Å². The van der Waals surface area contributed by atoms with E-state index in [1.165, 1.54) is 16.7 Å². The molecule has 0 saturated heterocycles. The number of aliphatic hydroxyl groups excluding tert-OH is 2. The molecule has 2 aliphatic carbocycles. The van der Waals surface area contributed by atoms with Crippen LogP contribution in [0.1, 0.15) is 88.2 Å². The van der Waals surface area contributed by atoms with Crippen molar-refractivity contribution in [1.29, 1.82) is 0 Å². The van der Waals surface area contributed by atoms with Crippen molar-refractivity contribution in [3.63, 3.8) is 0 Å². The average Bonchev–Trinajstić information content (AvgIpc) is 3.49. The first-order valence-corrected chi connectivity index (χ1v) is 15.2. The molecule has 4 unspecified atom stereocenters. The highest BCUT2D eigenvalue weighted by Gasteiger charge is 2.56. The van der Waals surface area contributed by atoms with Gasteiger partial charge in [-0.25, -0.2) is 4.79 Å². The van der Waals surface area contributed by atoms with Crippen LogP contribution in [-0.2, 0) is 9.59 Å². The van der Waals surface area contributed by atoms with Crippen LogP contribution in [0.2, 0.25) is 0 Å². The minimum absolute atomic E-state index is 0.167. The van der Waals surface area contributed by atoms with Gasteiger partial charge in [-0.1, -0.05) is 105 Å². The number of hydrogen-bond donors (Lipinski definition) is 4. The number of hydrogen-bond acceptors (Lipinski definition) is 4. The maximum absolute atomic E-state index is 11.9. The normalized spacial score (nSPS) is 22.4. The lowest BCUT2D eigenvalue weighted by molar-refractivity contribution is -0.142. The zero-order valence-corrected chi connectivity index (χ0v) is 24.1. The molecule has 1 fully saturated rings. The van der Waals surface area contributed by atoms with Crippen molar-refractivity contribution in [1.82, 2.24) is 5.32 Å². The van der Waals surface area contributed by atoms with Gasteiger partial charge in [-0.15, -0.1) is 0 Å². The van der Waals surface area contributed by atoms with Gasteiger partial charge >= 0.3 is 5.97 Å². The number of nitrogens with one attached hydrogen (secondary N) is 1. The van der Waals surface area contributed by atoms with Crippen molar-refractivity contribution in [3.05, 3.63) is 83.9 Å². The second-order valence-electron chi connectivity index (χ2n) is 11.7. The van der Waals surface area contributed by atoms with E-state index in [2.05, 4.69) is 66.5 Å². The number of carbonyl (C=O) groups is 2. The third kappa shape index (κ3) is 7.17. The van der Waals surface area contributed by atoms with Gasteiger partial charge in [0.15, 0.2) is 0 Å². The van der Waals surface area contributed by atoms with E-state index in [4.69, 9.17) is 10.2 Å². The van der Waals surface area contributed by atoms with E-state index in [1.54, 1.807) is 0 Å². The molecule has 0 spiro atoms. The number of carboxylic acid groups (broad SMARTS) is 1. The number of amides is 1. The molecule has 0 bridgehead atoms. The Hall–Kier alpha value is -3.22. The zero-order valence-electron chi connectivity index (χ0n) is 24.1. The first-order chi connectivity index (χ1) is 19.9. The van der Waals surface area contributed by atoms with E-state index in [0.29, 0.717) is 6.42 Å². The second-order valence-corrected chi connectivity index (χ2v) is 11.7. The number of benzene rings is 2. The molecule has 0 aliphatic heterocycles. The maximum Gasteiger partial charge on any atom is 0.328 e. The number of carbonyl (C=O) groups excluding carboxylic acids is 1. The molecule has 220 valence electrons. The Morgan fingerprint density at radius 2 is 1.54 bits per heavy atom. The van der Waals surface area contributed by atoms with Gasteiger partial charge in [-0.05, 0) is 60.8 Å². The van der Waals surface area contributed by atoms with Crippen LogP contribution in [0, 0.1) is 11.3 Å². The fourth-order valence-corrected chi connectivity index (χ4v) is 7.07. The quantitative estimate of drug-likeness (QED) is 0.178. The van der Waals surface area contributed by atoms with Gasteiger partial charge in [0.25, 0.3) is 0 Å². The maximum atomic E-state index is 11.9. The fourth-order valence-electron chi connectivity index (χ4n) is 7.07. The van der Waals surface area contributed by atoms with Crippen LogP contribution in [0.15, 0.2) is 72.8 Å². The Labute approximate surface area is 244 Å². The molecule has 2 aromatic rings. The lowest BCUT2D eigenvalue weighted by atomic mass is 9.66. The molecule has 2 aromatic carbocycles. The molecule has 0 heterocycles. The molecule has 6 heteroatoms. The van der Waals surface area contributed by atoms with Crippen LogP contribution in [-0.4, -0.2) is 45.9 Å². The number of aliphatic carboxylic acids is 1. The Balaban J connectivity index is 1.32. The van der Waals surface area contributed by atoms with Crippen molar-refractivity contribution in [2.45, 2.75) is 89.2 Å². The van der Waals surface area contributed by atoms with E-state index >= 15 is 0 Å². The molecule has 1 amide bonds. The largest absolute Gasteiger partial charge is 0.480 e. The number of allylic oxidation sites excluding steroid dienone is 3. The lowest BCUT2D eigenvalue weighted by Gasteiger charge is -2.37. The topological polar surface area (TPSA) is 107 Å². The molecular formula is C35H45NO5. The Kier molecular flexibility index (Phi) is 10.9. The van der Waals surface area contributed by atoms with Crippen LogP contribution >= 0.6 is 0 Å². The zero-order chi connectivity index (χ0) is 29.2. The van der Waals surface area contributed by atoms with Crippen LogP contribution < -0.4 is 5.32 Å². The summed E-state index contributed by atoms with van der Waals surface area (Å²) in [5.41, 5.74) is 6.20. The van der Waals surface area contributed by atoms with Crippen molar-refractivity contribution in [3.8, 4) is 0 Å². The number of aliphatic hydroxyl groups is 2. The SMILES string of the molecule is C=C(c1ccccc1)C12CCC(O)C1CC(CCCCCCCCCC(=O)NC(CO)C(=O)O)=C2c1ccccc1. The van der Waals surface area contributed by atoms with Gasteiger partial charge in [0.2, 0.25) is 5.91 Å². The Bertz CT molecular complexity index is 1210. The summed E-state index contributed by atoms with van der Waals surface area (Å²) >= 11 is 0. The monoisotopic (exact) mass is 559 g/mol. The van der Waals surface area contributed by atoms with Crippen LogP contribution in [0.3, 0.4) is 0 Å². The highest BCUT2D eigenvalue weighted by molar-refractivity contribution is 5.90. The Morgan fingerprint density at radius 3 is 2.17 bits per heavy atom. The van der Waals surface area contributed by atoms with Gasteiger partial charge < -0.3 is 20.6 Å². The molecule has 6 nitrogen and oxygen atoms in total. The second kappa shape index (κ2) is 14.6. The van der Waals surface area contributed by atoms with Crippen molar-refractivity contribution < 1.29 is 24.9 Å². The van der Waals surface area contributed by atoms with Crippen molar-refractivity contribution in [2.24, 2.45) is 11.3 Å². The fraction of sp³-hybridized carbons (Fsp3) is 0.486. The Morgan fingerprint density at radius 1 is 0.927 bits per heavy atom. The average molecular weight is 560 g/mol. The van der Waals surface area contributed by atoms with Gasteiger partial charge in [0.1, 0.15) is 6.04 Å². The highest BCUT2D eigenvalue weighted by atomic mass is 16.4. The minimum atomic E-state index is -1.23. The molecule has 2 aliphatic rings. The third-order valence-corrected chi connectivity index (χ3v) is 9.12. The van der Waals surface area contributed by atoms with E-state index in [0.717, 1.165) is 75.3 Å². The first-order valence-electron chi connectivity index (χ1n) is 15.2.